The molecule has 19 heavy (non-hydrogen) atoms. The minimum Gasteiger partial charge on any atom is -0.218 e. The lowest BCUT2D eigenvalue weighted by Gasteiger charge is -2.02. The van der Waals surface area contributed by atoms with Gasteiger partial charge in [0.25, 0.3) is 0 Å². The molecule has 2 aromatic rings. The highest BCUT2D eigenvalue weighted by atomic mass is 32.2. The van der Waals surface area contributed by atoms with Gasteiger partial charge in [-0.15, -0.1) is 0 Å². The molecule has 0 saturated heterocycles. The molecular weight excluding hydrogens is 258 g/mol. The van der Waals surface area contributed by atoms with Gasteiger partial charge in [0.1, 0.15) is 11.0 Å². The van der Waals surface area contributed by atoms with Gasteiger partial charge in [0.05, 0.1) is 4.90 Å². The van der Waals surface area contributed by atoms with Crippen molar-refractivity contribution < 1.29 is 8.42 Å². The van der Waals surface area contributed by atoms with E-state index in [2.05, 4.69) is 0 Å². The van der Waals surface area contributed by atoms with Crippen LogP contribution in [0.1, 0.15) is 5.56 Å². The Kier molecular flexibility index (Phi) is 3.79. The van der Waals surface area contributed by atoms with Crippen LogP contribution in [0.3, 0.4) is 0 Å². The summed E-state index contributed by atoms with van der Waals surface area (Å²) in [6, 6.07) is 18.6. The zero-order chi connectivity index (χ0) is 13.7. The number of sulfone groups is 1. The molecule has 0 aliphatic rings. The first kappa shape index (κ1) is 13.1. The van der Waals surface area contributed by atoms with Crippen molar-refractivity contribution in [2.45, 2.75) is 4.90 Å². The summed E-state index contributed by atoms with van der Waals surface area (Å²) in [5.41, 5.74) is 0.679. The van der Waals surface area contributed by atoms with Crippen LogP contribution in [-0.4, -0.2) is 8.42 Å². The maximum absolute atomic E-state index is 12.3. The van der Waals surface area contributed by atoms with Gasteiger partial charge in [-0.25, -0.2) is 8.42 Å². The third-order valence-corrected chi connectivity index (χ3v) is 4.23. The second kappa shape index (κ2) is 5.51. The summed E-state index contributed by atoms with van der Waals surface area (Å²) < 4.78 is 24.6. The molecule has 94 valence electrons. The number of nitrogens with zero attached hydrogens (tertiary/aromatic N) is 1. The Morgan fingerprint density at radius 1 is 0.947 bits per heavy atom. The average molecular weight is 269 g/mol. The van der Waals surface area contributed by atoms with E-state index in [1.54, 1.807) is 48.5 Å². The molecule has 0 spiro atoms. The monoisotopic (exact) mass is 269 g/mol. The van der Waals surface area contributed by atoms with Crippen molar-refractivity contribution in [1.29, 1.82) is 5.26 Å². The van der Waals surface area contributed by atoms with Crippen molar-refractivity contribution in [2.75, 3.05) is 0 Å². The first-order valence-corrected chi connectivity index (χ1v) is 7.10. The fourth-order valence-electron chi connectivity index (χ4n) is 1.60. The Labute approximate surface area is 112 Å². The summed E-state index contributed by atoms with van der Waals surface area (Å²) in [7, 11) is -3.75. The summed E-state index contributed by atoms with van der Waals surface area (Å²) in [4.78, 5) is -0.136. The molecule has 0 amide bonds. The van der Waals surface area contributed by atoms with Gasteiger partial charge >= 0.3 is 0 Å². The van der Waals surface area contributed by atoms with Gasteiger partial charge in [0.15, 0.2) is 0 Å². The smallest absolute Gasteiger partial charge is 0.216 e. The van der Waals surface area contributed by atoms with Crippen LogP contribution in [0.25, 0.3) is 6.08 Å². The summed E-state index contributed by atoms with van der Waals surface area (Å²) in [6.07, 6.45) is 1.38. The Morgan fingerprint density at radius 3 is 2.00 bits per heavy atom. The third-order valence-electron chi connectivity index (χ3n) is 2.55. The van der Waals surface area contributed by atoms with Crippen LogP contribution in [0.4, 0.5) is 0 Å². The predicted molar refractivity (Wildman–Crippen MR) is 73.7 cm³/mol. The second-order valence-corrected chi connectivity index (χ2v) is 5.77. The van der Waals surface area contributed by atoms with E-state index < -0.39 is 9.84 Å². The number of hydrogen-bond acceptors (Lipinski definition) is 3. The fraction of sp³-hybridized carbons (Fsp3) is 0. The Hall–Kier alpha value is -2.38. The largest absolute Gasteiger partial charge is 0.218 e. The molecule has 4 heteroatoms. The molecule has 0 radical (unpaired) electrons. The third kappa shape index (κ3) is 2.90. The first-order chi connectivity index (χ1) is 9.14. The van der Waals surface area contributed by atoms with Crippen molar-refractivity contribution in [3.63, 3.8) is 0 Å². The van der Waals surface area contributed by atoms with Gasteiger partial charge in [-0.2, -0.15) is 5.26 Å². The molecule has 0 heterocycles. The van der Waals surface area contributed by atoms with Crippen molar-refractivity contribution in [2.24, 2.45) is 0 Å². The molecular formula is C15H11NO2S. The van der Waals surface area contributed by atoms with Gasteiger partial charge in [0.2, 0.25) is 9.84 Å². The lowest BCUT2D eigenvalue weighted by molar-refractivity contribution is 0.603. The standard InChI is InChI=1S/C15H11NO2S/c16-12-15(11-13-7-3-1-4-8-13)19(17,18)14-9-5-2-6-10-14/h1-11H. The van der Waals surface area contributed by atoms with E-state index in [0.29, 0.717) is 5.56 Å². The van der Waals surface area contributed by atoms with Crippen LogP contribution < -0.4 is 0 Å². The lowest BCUT2D eigenvalue weighted by atomic mass is 10.2. The van der Waals surface area contributed by atoms with Crippen molar-refractivity contribution in [3.05, 3.63) is 71.1 Å². The van der Waals surface area contributed by atoms with Gasteiger partial charge in [-0.05, 0) is 23.8 Å². The molecule has 0 aliphatic carbocycles. The highest BCUT2D eigenvalue weighted by molar-refractivity contribution is 7.95. The quantitative estimate of drug-likeness (QED) is 0.805. The van der Waals surface area contributed by atoms with Gasteiger partial charge in [0, 0.05) is 0 Å². The minimum atomic E-state index is -3.75. The topological polar surface area (TPSA) is 57.9 Å². The summed E-state index contributed by atoms with van der Waals surface area (Å²) >= 11 is 0. The van der Waals surface area contributed by atoms with Crippen LogP contribution >= 0.6 is 0 Å². The maximum Gasteiger partial charge on any atom is 0.216 e. The highest BCUT2D eigenvalue weighted by Crippen LogP contribution is 2.20. The van der Waals surface area contributed by atoms with Crippen LogP contribution in [0.2, 0.25) is 0 Å². The Morgan fingerprint density at radius 2 is 1.47 bits per heavy atom. The lowest BCUT2D eigenvalue weighted by Crippen LogP contribution is -2.03. The number of benzene rings is 2. The van der Waals surface area contributed by atoms with E-state index in [1.165, 1.54) is 18.2 Å². The molecule has 3 nitrogen and oxygen atoms in total. The van der Waals surface area contributed by atoms with Crippen molar-refractivity contribution in [3.8, 4) is 6.07 Å². The van der Waals surface area contributed by atoms with Crippen LogP contribution in [0.5, 0.6) is 0 Å². The normalized spacial score (nSPS) is 11.8. The molecule has 2 aromatic carbocycles. The molecule has 2 rings (SSSR count). The maximum atomic E-state index is 12.3. The summed E-state index contributed by atoms with van der Waals surface area (Å²) in [5, 5.41) is 9.09. The van der Waals surface area contributed by atoms with E-state index in [9.17, 15) is 8.42 Å². The molecule has 0 N–H and O–H groups in total. The summed E-state index contributed by atoms with van der Waals surface area (Å²) in [6.45, 7) is 0. The molecule has 0 atom stereocenters. The van der Waals surface area contributed by atoms with Gasteiger partial charge < -0.3 is 0 Å². The van der Waals surface area contributed by atoms with E-state index in [0.717, 1.165) is 0 Å². The Bertz CT molecular complexity index is 727. The van der Waals surface area contributed by atoms with E-state index >= 15 is 0 Å². The molecule has 0 bridgehead atoms. The van der Waals surface area contributed by atoms with Crippen molar-refractivity contribution in [1.82, 2.24) is 0 Å². The zero-order valence-corrected chi connectivity index (χ0v) is 10.8. The molecule has 0 fully saturated rings. The molecule has 0 saturated carbocycles. The number of allylic oxidation sites excluding steroid dienone is 1. The van der Waals surface area contributed by atoms with Crippen LogP contribution in [-0.2, 0) is 9.84 Å². The van der Waals surface area contributed by atoms with Crippen LogP contribution in [0, 0.1) is 11.3 Å². The number of rotatable bonds is 3. The number of hydrogen-bond donors (Lipinski definition) is 0. The summed E-state index contributed by atoms with van der Waals surface area (Å²) in [5.74, 6) is 0. The average Bonchev–Trinajstić information content (AvgIpc) is 2.46. The van der Waals surface area contributed by atoms with Gasteiger partial charge in [-0.3, -0.25) is 0 Å². The SMILES string of the molecule is N#CC(=Cc1ccccc1)S(=O)(=O)c1ccccc1. The first-order valence-electron chi connectivity index (χ1n) is 5.61. The fourth-order valence-corrected chi connectivity index (χ4v) is 2.78. The van der Waals surface area contributed by atoms with Crippen molar-refractivity contribution >= 4 is 15.9 Å². The van der Waals surface area contributed by atoms with Crippen LogP contribution in [0.15, 0.2) is 70.5 Å². The molecule has 0 aliphatic heterocycles. The van der Waals surface area contributed by atoms with E-state index in [1.807, 2.05) is 6.07 Å². The van der Waals surface area contributed by atoms with E-state index in [-0.39, 0.29) is 9.80 Å². The van der Waals surface area contributed by atoms with Gasteiger partial charge in [-0.1, -0.05) is 48.5 Å². The molecule has 0 aromatic heterocycles. The number of nitriles is 1. The Balaban J connectivity index is 2.50. The molecule has 0 unspecified atom stereocenters. The van der Waals surface area contributed by atoms with E-state index in [4.69, 9.17) is 5.26 Å². The highest BCUT2D eigenvalue weighted by Gasteiger charge is 2.20. The second-order valence-electron chi connectivity index (χ2n) is 3.85. The zero-order valence-electron chi connectivity index (χ0n) is 10.0. The minimum absolute atomic E-state index is 0.124. The predicted octanol–water partition coefficient (Wildman–Crippen LogP) is 3.02.